The molecule has 0 aromatic heterocycles. The molecule has 5 nitrogen and oxygen atoms in total. The van der Waals surface area contributed by atoms with E-state index in [-0.39, 0.29) is 6.54 Å². The lowest BCUT2D eigenvalue weighted by atomic mass is 9.75. The summed E-state index contributed by atoms with van der Waals surface area (Å²) in [4.78, 5) is 23.4. The van der Waals surface area contributed by atoms with Gasteiger partial charge in [0.05, 0.1) is 5.41 Å². The van der Waals surface area contributed by atoms with Gasteiger partial charge in [0.15, 0.2) is 0 Å². The summed E-state index contributed by atoms with van der Waals surface area (Å²) in [5.74, 6) is -0.929. The lowest BCUT2D eigenvalue weighted by Gasteiger charge is -2.38. The summed E-state index contributed by atoms with van der Waals surface area (Å²) >= 11 is 0. The lowest BCUT2D eigenvalue weighted by molar-refractivity contribution is -0.151. The van der Waals surface area contributed by atoms with Crippen LogP contribution >= 0.6 is 0 Å². The number of nitrogens with zero attached hydrogens (tertiary/aromatic N) is 1. The summed E-state index contributed by atoms with van der Waals surface area (Å²) in [6, 6.07) is 0. The summed E-state index contributed by atoms with van der Waals surface area (Å²) in [6.07, 6.45) is 0.392. The zero-order valence-electron chi connectivity index (χ0n) is 9.40. The Morgan fingerprint density at radius 1 is 1.44 bits per heavy atom. The molecule has 1 fully saturated rings. The first-order chi connectivity index (χ1) is 7.37. The monoisotopic (exact) mass is 227 g/mol. The number of hydrogen-bond donors (Lipinski definition) is 2. The van der Waals surface area contributed by atoms with Crippen molar-refractivity contribution in [2.45, 2.75) is 26.2 Å². The van der Waals surface area contributed by atoms with Crippen molar-refractivity contribution in [1.29, 1.82) is 0 Å². The van der Waals surface area contributed by atoms with E-state index in [1.165, 1.54) is 4.90 Å². The van der Waals surface area contributed by atoms with E-state index in [1.807, 2.05) is 0 Å². The zero-order chi connectivity index (χ0) is 12.3. The van der Waals surface area contributed by atoms with Crippen LogP contribution in [-0.2, 0) is 4.79 Å². The number of carbonyl (C=O) groups is 2. The van der Waals surface area contributed by atoms with Gasteiger partial charge in [-0.15, -0.1) is 6.58 Å². The zero-order valence-corrected chi connectivity index (χ0v) is 9.40. The van der Waals surface area contributed by atoms with E-state index in [9.17, 15) is 14.7 Å². The first-order valence-electron chi connectivity index (χ1n) is 5.23. The predicted molar refractivity (Wildman–Crippen MR) is 58.3 cm³/mol. The minimum absolute atomic E-state index is 0.0600. The van der Waals surface area contributed by atoms with Gasteiger partial charge in [-0.1, -0.05) is 5.57 Å². The fourth-order valence-electron chi connectivity index (χ4n) is 2.27. The molecule has 1 saturated heterocycles. The molecule has 90 valence electrons. The van der Waals surface area contributed by atoms with Crippen molar-refractivity contribution in [3.05, 3.63) is 12.2 Å². The maximum atomic E-state index is 11.3. The van der Waals surface area contributed by atoms with Crippen LogP contribution in [0, 0.1) is 5.41 Å². The minimum atomic E-state index is -1.05. The topological polar surface area (TPSA) is 77.8 Å². The molecule has 5 heteroatoms. The van der Waals surface area contributed by atoms with Crippen LogP contribution in [-0.4, -0.2) is 40.3 Å². The quantitative estimate of drug-likeness (QED) is 0.720. The Labute approximate surface area is 94.4 Å². The maximum absolute atomic E-state index is 11.3. The molecule has 1 rings (SSSR count). The van der Waals surface area contributed by atoms with Crippen molar-refractivity contribution in [3.63, 3.8) is 0 Å². The summed E-state index contributed by atoms with van der Waals surface area (Å²) in [6.45, 7) is 5.96. The second-order valence-corrected chi connectivity index (χ2v) is 4.53. The van der Waals surface area contributed by atoms with Crippen molar-refractivity contribution in [1.82, 2.24) is 4.90 Å². The number of piperidine rings is 1. The highest BCUT2D eigenvalue weighted by Gasteiger charge is 2.43. The van der Waals surface area contributed by atoms with Crippen molar-refractivity contribution in [2.24, 2.45) is 5.41 Å². The molecule has 0 spiro atoms. The second kappa shape index (κ2) is 4.55. The number of hydrogen-bond acceptors (Lipinski definition) is 2. The first kappa shape index (κ1) is 12.5. The van der Waals surface area contributed by atoms with Crippen molar-refractivity contribution in [3.8, 4) is 0 Å². The molecule has 1 aliphatic rings. The smallest absolute Gasteiger partial charge is 0.407 e. The number of amides is 1. The van der Waals surface area contributed by atoms with Gasteiger partial charge in [-0.05, 0) is 26.2 Å². The average Bonchev–Trinajstić information content (AvgIpc) is 2.16. The average molecular weight is 227 g/mol. The third-order valence-corrected chi connectivity index (χ3v) is 2.94. The van der Waals surface area contributed by atoms with Gasteiger partial charge < -0.3 is 15.1 Å². The highest BCUT2D eigenvalue weighted by molar-refractivity contribution is 5.77. The largest absolute Gasteiger partial charge is 0.481 e. The summed E-state index contributed by atoms with van der Waals surface area (Å²) < 4.78 is 0. The predicted octanol–water partition coefficient (Wildman–Crippen LogP) is 1.80. The fourth-order valence-corrected chi connectivity index (χ4v) is 2.27. The molecule has 0 radical (unpaired) electrons. The Hall–Kier alpha value is -1.52. The number of likely N-dealkylation sites (tertiary alicyclic amines) is 1. The lowest BCUT2D eigenvalue weighted by Crippen LogP contribution is -2.49. The minimum Gasteiger partial charge on any atom is -0.481 e. The third-order valence-electron chi connectivity index (χ3n) is 2.94. The SMILES string of the molecule is C=C(C)CC1(C(=O)O)CCCN(C(=O)O)C1. The molecule has 1 amide bonds. The Kier molecular flexibility index (Phi) is 3.57. The Balaban J connectivity index is 2.88. The van der Waals surface area contributed by atoms with Crippen LogP contribution in [0.3, 0.4) is 0 Å². The molecule has 16 heavy (non-hydrogen) atoms. The standard InChI is InChI=1S/C11H17NO4/c1-8(2)6-11(9(13)14)4-3-5-12(7-11)10(15)16/h1,3-7H2,2H3,(H,13,14)(H,15,16). The fraction of sp³-hybridized carbons (Fsp3) is 0.636. The number of carboxylic acids is 1. The Morgan fingerprint density at radius 2 is 2.06 bits per heavy atom. The highest BCUT2D eigenvalue weighted by atomic mass is 16.4. The first-order valence-corrected chi connectivity index (χ1v) is 5.23. The van der Waals surface area contributed by atoms with Crippen molar-refractivity contribution < 1.29 is 19.8 Å². The molecule has 0 aromatic carbocycles. The Morgan fingerprint density at radius 3 is 2.50 bits per heavy atom. The number of aliphatic carboxylic acids is 1. The molecule has 1 unspecified atom stereocenters. The molecule has 0 aromatic rings. The van der Waals surface area contributed by atoms with Gasteiger partial charge in [0.2, 0.25) is 0 Å². The molecule has 0 saturated carbocycles. The number of carboxylic acid groups (broad SMARTS) is 2. The van der Waals surface area contributed by atoms with Crippen LogP contribution in [0.5, 0.6) is 0 Å². The van der Waals surface area contributed by atoms with E-state index in [0.29, 0.717) is 25.8 Å². The van der Waals surface area contributed by atoms with Gasteiger partial charge in [0.25, 0.3) is 0 Å². The summed E-state index contributed by atoms with van der Waals surface area (Å²) in [5, 5.41) is 18.2. The molecule has 1 heterocycles. The van der Waals surface area contributed by atoms with Crippen LogP contribution in [0.1, 0.15) is 26.2 Å². The van der Waals surface area contributed by atoms with Gasteiger partial charge in [-0.25, -0.2) is 4.79 Å². The third kappa shape index (κ3) is 2.53. The molecule has 0 aliphatic carbocycles. The van der Waals surface area contributed by atoms with Gasteiger partial charge in [-0.3, -0.25) is 4.79 Å². The molecule has 0 bridgehead atoms. The van der Waals surface area contributed by atoms with E-state index in [1.54, 1.807) is 6.92 Å². The van der Waals surface area contributed by atoms with Gasteiger partial charge in [0.1, 0.15) is 0 Å². The summed E-state index contributed by atoms with van der Waals surface area (Å²) in [7, 11) is 0. The molecular formula is C11H17NO4. The van der Waals surface area contributed by atoms with Gasteiger partial charge in [-0.2, -0.15) is 0 Å². The van der Waals surface area contributed by atoms with Crippen LogP contribution in [0.2, 0.25) is 0 Å². The highest BCUT2D eigenvalue weighted by Crippen LogP contribution is 2.36. The molecule has 1 aliphatic heterocycles. The molecule has 1 atom stereocenters. The molecule has 2 N–H and O–H groups in total. The van der Waals surface area contributed by atoms with E-state index >= 15 is 0 Å². The number of allylic oxidation sites excluding steroid dienone is 1. The van der Waals surface area contributed by atoms with Crippen LogP contribution < -0.4 is 0 Å². The molecular weight excluding hydrogens is 210 g/mol. The Bertz CT molecular complexity index is 326. The normalized spacial score (nSPS) is 25.2. The maximum Gasteiger partial charge on any atom is 0.407 e. The number of rotatable bonds is 3. The van der Waals surface area contributed by atoms with E-state index in [2.05, 4.69) is 6.58 Å². The second-order valence-electron chi connectivity index (χ2n) is 4.53. The van der Waals surface area contributed by atoms with Crippen molar-refractivity contribution >= 4 is 12.1 Å². The van der Waals surface area contributed by atoms with E-state index in [4.69, 9.17) is 5.11 Å². The summed E-state index contributed by atoms with van der Waals surface area (Å²) in [5.41, 5.74) is -0.211. The van der Waals surface area contributed by atoms with E-state index in [0.717, 1.165) is 5.57 Å². The van der Waals surface area contributed by atoms with Gasteiger partial charge >= 0.3 is 12.1 Å². The van der Waals surface area contributed by atoms with Gasteiger partial charge in [0, 0.05) is 13.1 Å². The van der Waals surface area contributed by atoms with Crippen LogP contribution in [0.25, 0.3) is 0 Å². The van der Waals surface area contributed by atoms with Crippen LogP contribution in [0.4, 0.5) is 4.79 Å². The van der Waals surface area contributed by atoms with Crippen LogP contribution in [0.15, 0.2) is 12.2 Å². The van der Waals surface area contributed by atoms with Crippen molar-refractivity contribution in [2.75, 3.05) is 13.1 Å². The van der Waals surface area contributed by atoms with E-state index < -0.39 is 17.5 Å².